The number of thiophene rings is 1. The Balaban J connectivity index is 2.74. The lowest BCUT2D eigenvalue weighted by Gasteiger charge is -2.04. The fourth-order valence-electron chi connectivity index (χ4n) is 1.01. The molecule has 1 heterocycles. The molecule has 7 heteroatoms. The second-order valence-corrected chi connectivity index (χ2v) is 4.29. The van der Waals surface area contributed by atoms with Crippen LogP contribution >= 0.6 is 23.6 Å². The molecule has 86 valence electrons. The van der Waals surface area contributed by atoms with Crippen LogP contribution in [0.4, 0.5) is 5.69 Å². The number of carbonyl (C=O) groups excluding carboxylic acids is 2. The summed E-state index contributed by atoms with van der Waals surface area (Å²) in [7, 11) is 1.28. The molecule has 0 aliphatic heterocycles. The van der Waals surface area contributed by atoms with Gasteiger partial charge in [0.2, 0.25) is 5.91 Å². The first-order chi connectivity index (χ1) is 7.54. The van der Waals surface area contributed by atoms with E-state index < -0.39 is 5.97 Å². The Morgan fingerprint density at radius 1 is 1.62 bits per heavy atom. The van der Waals surface area contributed by atoms with Gasteiger partial charge in [0.15, 0.2) is 0 Å². The van der Waals surface area contributed by atoms with E-state index in [1.165, 1.54) is 18.4 Å². The molecule has 0 saturated carbocycles. The monoisotopic (exact) mass is 258 g/mol. The molecular weight excluding hydrogens is 248 g/mol. The first-order valence-electron chi connectivity index (χ1n) is 4.28. The zero-order valence-corrected chi connectivity index (χ0v) is 10.1. The van der Waals surface area contributed by atoms with Gasteiger partial charge in [-0.15, -0.1) is 11.3 Å². The topological polar surface area (TPSA) is 81.4 Å². The summed E-state index contributed by atoms with van der Waals surface area (Å²) in [6.07, 6.45) is -0.0498. The lowest BCUT2D eigenvalue weighted by Crippen LogP contribution is -2.20. The Labute approximate surface area is 102 Å². The summed E-state index contributed by atoms with van der Waals surface area (Å²) in [6, 6.07) is 1.62. The third-order valence-electron chi connectivity index (χ3n) is 1.64. The Bertz CT molecular complexity index is 428. The molecule has 1 rings (SSSR count). The maximum absolute atomic E-state index is 11.4. The highest BCUT2D eigenvalue weighted by atomic mass is 32.1. The maximum atomic E-state index is 11.4. The minimum Gasteiger partial charge on any atom is -0.465 e. The molecule has 0 atom stereocenters. The van der Waals surface area contributed by atoms with Gasteiger partial charge in [-0.2, -0.15) is 0 Å². The Hall–Kier alpha value is -1.47. The SMILES string of the molecule is COC(=O)c1sccc1NC(=O)CC(N)=S. The van der Waals surface area contributed by atoms with Crippen LogP contribution in [0.25, 0.3) is 0 Å². The number of methoxy groups -OCH3 is 1. The summed E-state index contributed by atoms with van der Waals surface area (Å²) >= 11 is 5.79. The number of esters is 1. The normalized spacial score (nSPS) is 9.56. The average molecular weight is 258 g/mol. The van der Waals surface area contributed by atoms with Crippen molar-refractivity contribution in [3.05, 3.63) is 16.3 Å². The summed E-state index contributed by atoms with van der Waals surface area (Å²) in [6.45, 7) is 0. The highest BCUT2D eigenvalue weighted by molar-refractivity contribution is 7.80. The van der Waals surface area contributed by atoms with Crippen LogP contribution in [0.3, 0.4) is 0 Å². The molecule has 0 radical (unpaired) electrons. The van der Waals surface area contributed by atoms with Gasteiger partial charge in [0.25, 0.3) is 0 Å². The average Bonchev–Trinajstić information content (AvgIpc) is 2.63. The molecule has 0 bridgehead atoms. The zero-order chi connectivity index (χ0) is 12.1. The van der Waals surface area contributed by atoms with E-state index in [0.717, 1.165) is 0 Å². The van der Waals surface area contributed by atoms with Gasteiger partial charge in [-0.3, -0.25) is 4.79 Å². The van der Waals surface area contributed by atoms with Crippen LogP contribution in [0.5, 0.6) is 0 Å². The molecular formula is C9H10N2O3S2. The van der Waals surface area contributed by atoms with E-state index in [1.54, 1.807) is 11.4 Å². The van der Waals surface area contributed by atoms with E-state index in [-0.39, 0.29) is 17.3 Å². The lowest BCUT2D eigenvalue weighted by atomic mass is 10.3. The van der Waals surface area contributed by atoms with Crippen molar-refractivity contribution >= 4 is 46.1 Å². The fraction of sp³-hybridized carbons (Fsp3) is 0.222. The molecule has 0 saturated heterocycles. The number of hydrogen-bond donors (Lipinski definition) is 2. The third-order valence-corrected chi connectivity index (χ3v) is 2.68. The minimum atomic E-state index is -0.486. The van der Waals surface area contributed by atoms with E-state index in [0.29, 0.717) is 10.6 Å². The minimum absolute atomic E-state index is 0.0498. The van der Waals surface area contributed by atoms with Gasteiger partial charge < -0.3 is 15.8 Å². The summed E-state index contributed by atoms with van der Waals surface area (Å²) in [5.41, 5.74) is 5.64. The number of nitrogens with one attached hydrogen (secondary N) is 1. The highest BCUT2D eigenvalue weighted by Crippen LogP contribution is 2.23. The van der Waals surface area contributed by atoms with E-state index in [2.05, 4.69) is 22.3 Å². The van der Waals surface area contributed by atoms with Crippen LogP contribution in [0.1, 0.15) is 16.1 Å². The van der Waals surface area contributed by atoms with Crippen LogP contribution in [0, 0.1) is 0 Å². The first-order valence-corrected chi connectivity index (χ1v) is 5.57. The molecule has 0 spiro atoms. The van der Waals surface area contributed by atoms with Crippen LogP contribution in [0.2, 0.25) is 0 Å². The molecule has 0 unspecified atom stereocenters. The van der Waals surface area contributed by atoms with Crippen molar-refractivity contribution in [2.75, 3.05) is 12.4 Å². The summed E-state index contributed by atoms with van der Waals surface area (Å²) in [4.78, 5) is 23.1. The lowest BCUT2D eigenvalue weighted by molar-refractivity contribution is -0.115. The fourth-order valence-corrected chi connectivity index (χ4v) is 1.91. The highest BCUT2D eigenvalue weighted by Gasteiger charge is 2.15. The molecule has 1 aromatic rings. The van der Waals surface area contributed by atoms with Gasteiger partial charge in [-0.25, -0.2) is 4.79 Å². The van der Waals surface area contributed by atoms with E-state index in [4.69, 9.17) is 5.73 Å². The standard InChI is InChI=1S/C9H10N2O3S2/c1-14-9(13)8-5(2-3-16-8)11-7(12)4-6(10)15/h2-3H,4H2,1H3,(H2,10,15)(H,11,12). The summed E-state index contributed by atoms with van der Waals surface area (Å²) in [5, 5.41) is 4.22. The number of nitrogens with two attached hydrogens (primary N) is 1. The van der Waals surface area contributed by atoms with Gasteiger partial charge in [0.1, 0.15) is 4.88 Å². The van der Waals surface area contributed by atoms with Crippen molar-refractivity contribution in [3.63, 3.8) is 0 Å². The third kappa shape index (κ3) is 3.28. The van der Waals surface area contributed by atoms with Crippen molar-refractivity contribution in [2.45, 2.75) is 6.42 Å². The predicted molar refractivity (Wildman–Crippen MR) is 65.7 cm³/mol. The molecule has 0 aliphatic rings. The van der Waals surface area contributed by atoms with Crippen LogP contribution < -0.4 is 11.1 Å². The number of ether oxygens (including phenoxy) is 1. The quantitative estimate of drug-likeness (QED) is 0.625. The number of thiocarbonyl (C=S) groups is 1. The van der Waals surface area contributed by atoms with Crippen molar-refractivity contribution in [3.8, 4) is 0 Å². The number of carbonyl (C=O) groups is 2. The Morgan fingerprint density at radius 2 is 2.31 bits per heavy atom. The molecule has 16 heavy (non-hydrogen) atoms. The van der Waals surface area contributed by atoms with E-state index >= 15 is 0 Å². The second kappa shape index (κ2) is 5.57. The van der Waals surface area contributed by atoms with Crippen molar-refractivity contribution in [1.82, 2.24) is 0 Å². The summed E-state index contributed by atoms with van der Waals surface area (Å²) in [5.74, 6) is -0.836. The van der Waals surface area contributed by atoms with Crippen molar-refractivity contribution < 1.29 is 14.3 Å². The first kappa shape index (κ1) is 12.6. The van der Waals surface area contributed by atoms with Gasteiger partial charge in [-0.05, 0) is 11.4 Å². The number of anilines is 1. The smallest absolute Gasteiger partial charge is 0.350 e. The van der Waals surface area contributed by atoms with Crippen molar-refractivity contribution in [1.29, 1.82) is 0 Å². The van der Waals surface area contributed by atoms with E-state index in [9.17, 15) is 9.59 Å². The maximum Gasteiger partial charge on any atom is 0.350 e. The molecule has 0 fully saturated rings. The predicted octanol–water partition coefficient (Wildman–Crippen LogP) is 1.15. The molecule has 1 amide bonds. The van der Waals surface area contributed by atoms with Crippen LogP contribution in [-0.2, 0) is 9.53 Å². The number of rotatable bonds is 4. The Morgan fingerprint density at radius 3 is 2.88 bits per heavy atom. The van der Waals surface area contributed by atoms with Crippen LogP contribution in [0.15, 0.2) is 11.4 Å². The van der Waals surface area contributed by atoms with Crippen LogP contribution in [-0.4, -0.2) is 24.0 Å². The molecule has 3 N–H and O–H groups in total. The molecule has 0 aromatic carbocycles. The largest absolute Gasteiger partial charge is 0.465 e. The number of hydrogen-bond acceptors (Lipinski definition) is 5. The van der Waals surface area contributed by atoms with Gasteiger partial charge in [0.05, 0.1) is 24.2 Å². The van der Waals surface area contributed by atoms with E-state index in [1.807, 2.05) is 0 Å². The molecule has 0 aliphatic carbocycles. The molecule has 1 aromatic heterocycles. The second-order valence-electron chi connectivity index (χ2n) is 2.85. The zero-order valence-electron chi connectivity index (χ0n) is 8.48. The molecule has 5 nitrogen and oxygen atoms in total. The number of amides is 1. The van der Waals surface area contributed by atoms with Crippen molar-refractivity contribution in [2.24, 2.45) is 5.73 Å². The van der Waals surface area contributed by atoms with Gasteiger partial charge >= 0.3 is 5.97 Å². The van der Waals surface area contributed by atoms with Gasteiger partial charge in [-0.1, -0.05) is 12.2 Å². The van der Waals surface area contributed by atoms with Gasteiger partial charge in [0, 0.05) is 0 Å². The Kier molecular flexibility index (Phi) is 4.39. The summed E-state index contributed by atoms with van der Waals surface area (Å²) < 4.78 is 4.57.